The zero-order valence-corrected chi connectivity index (χ0v) is 11.2. The van der Waals surface area contributed by atoms with Crippen LogP contribution < -0.4 is 15.8 Å². The van der Waals surface area contributed by atoms with E-state index in [4.69, 9.17) is 10.5 Å². The van der Waals surface area contributed by atoms with E-state index in [1.54, 1.807) is 7.11 Å². The zero-order chi connectivity index (χ0) is 12.8. The fourth-order valence-corrected chi connectivity index (χ4v) is 2.52. The predicted octanol–water partition coefficient (Wildman–Crippen LogP) is 2.47. The molecule has 1 saturated carbocycles. The molecule has 0 heterocycles. The van der Waals surface area contributed by atoms with Gasteiger partial charge in [0.1, 0.15) is 5.75 Å². The molecular formula is C15H24N2O. The van der Waals surface area contributed by atoms with Crippen molar-refractivity contribution in [1.29, 1.82) is 0 Å². The number of benzene rings is 1. The first kappa shape index (κ1) is 13.4. The molecule has 0 bridgehead atoms. The van der Waals surface area contributed by atoms with E-state index in [0.717, 1.165) is 23.8 Å². The predicted molar refractivity (Wildman–Crippen MR) is 74.8 cm³/mol. The van der Waals surface area contributed by atoms with Crippen molar-refractivity contribution in [2.75, 3.05) is 20.2 Å². The number of nitrogens with two attached hydrogens (primary N) is 1. The van der Waals surface area contributed by atoms with Crippen molar-refractivity contribution in [1.82, 2.24) is 5.32 Å². The maximum Gasteiger partial charge on any atom is 0.123 e. The van der Waals surface area contributed by atoms with Crippen LogP contribution in [-0.4, -0.2) is 20.2 Å². The Kier molecular flexibility index (Phi) is 5.02. The molecule has 0 radical (unpaired) electrons. The molecular weight excluding hydrogens is 224 g/mol. The molecule has 0 saturated heterocycles. The Hall–Kier alpha value is -1.06. The van der Waals surface area contributed by atoms with Gasteiger partial charge < -0.3 is 15.8 Å². The minimum Gasteiger partial charge on any atom is -0.496 e. The van der Waals surface area contributed by atoms with Crippen LogP contribution in [0.15, 0.2) is 24.3 Å². The van der Waals surface area contributed by atoms with Crippen LogP contribution in [0.25, 0.3) is 0 Å². The minimum absolute atomic E-state index is 0.196. The molecule has 1 unspecified atom stereocenters. The third-order valence-corrected chi connectivity index (χ3v) is 3.92. The van der Waals surface area contributed by atoms with E-state index in [1.165, 1.54) is 25.7 Å². The number of hydrogen-bond acceptors (Lipinski definition) is 3. The van der Waals surface area contributed by atoms with Gasteiger partial charge in [0.05, 0.1) is 7.11 Å². The van der Waals surface area contributed by atoms with Crippen LogP contribution in [0.5, 0.6) is 5.75 Å². The van der Waals surface area contributed by atoms with Gasteiger partial charge in [-0.3, -0.25) is 0 Å². The molecule has 100 valence electrons. The molecule has 0 aliphatic heterocycles. The van der Waals surface area contributed by atoms with Crippen molar-refractivity contribution >= 4 is 0 Å². The van der Waals surface area contributed by atoms with Crippen molar-refractivity contribution in [3.8, 4) is 5.75 Å². The summed E-state index contributed by atoms with van der Waals surface area (Å²) in [6.07, 6.45) is 5.50. The molecule has 0 spiro atoms. The van der Waals surface area contributed by atoms with Crippen molar-refractivity contribution in [2.45, 2.75) is 31.7 Å². The van der Waals surface area contributed by atoms with E-state index in [-0.39, 0.29) is 6.04 Å². The molecule has 3 N–H and O–H groups in total. The summed E-state index contributed by atoms with van der Waals surface area (Å²) < 4.78 is 5.39. The van der Waals surface area contributed by atoms with Gasteiger partial charge in [0.25, 0.3) is 0 Å². The zero-order valence-electron chi connectivity index (χ0n) is 11.2. The standard InChI is InChI=1S/C15H24N2O/c1-18-15-8-3-2-7-13(15)14(11-16)17-10-9-12-5-4-6-12/h2-3,7-8,12,14,17H,4-6,9-11,16H2,1H3. The highest BCUT2D eigenvalue weighted by atomic mass is 16.5. The summed E-state index contributed by atoms with van der Waals surface area (Å²) in [6.45, 7) is 1.65. The first-order valence-electron chi connectivity index (χ1n) is 6.91. The largest absolute Gasteiger partial charge is 0.496 e. The Morgan fingerprint density at radius 2 is 2.17 bits per heavy atom. The van der Waals surface area contributed by atoms with Crippen LogP contribution in [0.3, 0.4) is 0 Å². The molecule has 3 nitrogen and oxygen atoms in total. The van der Waals surface area contributed by atoms with E-state index in [9.17, 15) is 0 Å². The second-order valence-corrected chi connectivity index (χ2v) is 5.07. The van der Waals surface area contributed by atoms with Gasteiger partial charge in [-0.25, -0.2) is 0 Å². The Balaban J connectivity index is 1.89. The molecule has 1 aliphatic carbocycles. The number of ether oxygens (including phenoxy) is 1. The van der Waals surface area contributed by atoms with Crippen LogP contribution in [0.2, 0.25) is 0 Å². The molecule has 18 heavy (non-hydrogen) atoms. The maximum atomic E-state index is 5.87. The maximum absolute atomic E-state index is 5.87. The summed E-state index contributed by atoms with van der Waals surface area (Å²) in [5, 5.41) is 3.55. The topological polar surface area (TPSA) is 47.3 Å². The average Bonchev–Trinajstić information content (AvgIpc) is 2.37. The van der Waals surface area contributed by atoms with Gasteiger partial charge in [0.2, 0.25) is 0 Å². The smallest absolute Gasteiger partial charge is 0.123 e. The Bertz CT molecular complexity index is 363. The van der Waals surface area contributed by atoms with Gasteiger partial charge in [-0.15, -0.1) is 0 Å². The lowest BCUT2D eigenvalue weighted by Crippen LogP contribution is -2.31. The number of rotatable bonds is 7. The first-order valence-corrected chi connectivity index (χ1v) is 6.91. The molecule has 1 fully saturated rings. The van der Waals surface area contributed by atoms with Crippen LogP contribution >= 0.6 is 0 Å². The lowest BCUT2D eigenvalue weighted by molar-refractivity contribution is 0.287. The van der Waals surface area contributed by atoms with Crippen molar-refractivity contribution in [2.24, 2.45) is 11.7 Å². The molecule has 3 heteroatoms. The van der Waals surface area contributed by atoms with E-state index in [2.05, 4.69) is 11.4 Å². The van der Waals surface area contributed by atoms with Crippen LogP contribution in [0, 0.1) is 5.92 Å². The van der Waals surface area contributed by atoms with Crippen LogP contribution in [0.4, 0.5) is 0 Å². The Labute approximate surface area is 110 Å². The fourth-order valence-electron chi connectivity index (χ4n) is 2.52. The highest BCUT2D eigenvalue weighted by molar-refractivity contribution is 5.36. The highest BCUT2D eigenvalue weighted by Crippen LogP contribution is 2.29. The summed E-state index contributed by atoms with van der Waals surface area (Å²) in [4.78, 5) is 0. The molecule has 1 aromatic rings. The van der Waals surface area contributed by atoms with E-state index in [0.29, 0.717) is 6.54 Å². The van der Waals surface area contributed by atoms with Crippen LogP contribution in [-0.2, 0) is 0 Å². The van der Waals surface area contributed by atoms with Gasteiger partial charge in [-0.2, -0.15) is 0 Å². The Morgan fingerprint density at radius 1 is 1.39 bits per heavy atom. The lowest BCUT2D eigenvalue weighted by Gasteiger charge is -2.27. The monoisotopic (exact) mass is 248 g/mol. The number of nitrogens with one attached hydrogen (secondary N) is 1. The normalized spacial score (nSPS) is 17.2. The van der Waals surface area contributed by atoms with Gasteiger partial charge in [0, 0.05) is 18.2 Å². The number of hydrogen-bond donors (Lipinski definition) is 2. The Morgan fingerprint density at radius 3 is 2.78 bits per heavy atom. The summed E-state index contributed by atoms with van der Waals surface area (Å²) in [6, 6.07) is 8.30. The number of methoxy groups -OCH3 is 1. The van der Waals surface area contributed by atoms with Crippen molar-refractivity contribution in [3.63, 3.8) is 0 Å². The van der Waals surface area contributed by atoms with Gasteiger partial charge in [-0.1, -0.05) is 37.5 Å². The van der Waals surface area contributed by atoms with E-state index < -0.39 is 0 Å². The van der Waals surface area contributed by atoms with Gasteiger partial charge >= 0.3 is 0 Å². The average molecular weight is 248 g/mol. The summed E-state index contributed by atoms with van der Waals surface area (Å²) in [5.41, 5.74) is 7.04. The summed E-state index contributed by atoms with van der Waals surface area (Å²) in [5.74, 6) is 1.86. The minimum atomic E-state index is 0.196. The van der Waals surface area contributed by atoms with E-state index in [1.807, 2.05) is 18.2 Å². The highest BCUT2D eigenvalue weighted by Gasteiger charge is 2.18. The van der Waals surface area contributed by atoms with Gasteiger partial charge in [0.15, 0.2) is 0 Å². The second kappa shape index (κ2) is 6.76. The summed E-state index contributed by atoms with van der Waals surface area (Å²) >= 11 is 0. The molecule has 2 rings (SSSR count). The fraction of sp³-hybridized carbons (Fsp3) is 0.600. The van der Waals surface area contributed by atoms with Crippen LogP contribution in [0.1, 0.15) is 37.3 Å². The number of para-hydroxylation sites is 1. The first-order chi connectivity index (χ1) is 8.85. The SMILES string of the molecule is COc1ccccc1C(CN)NCCC1CCC1. The second-order valence-electron chi connectivity index (χ2n) is 5.07. The lowest BCUT2D eigenvalue weighted by atomic mass is 9.83. The molecule has 1 aliphatic rings. The van der Waals surface area contributed by atoms with Gasteiger partial charge in [-0.05, 0) is 24.9 Å². The third-order valence-electron chi connectivity index (χ3n) is 3.92. The molecule has 0 aromatic heterocycles. The molecule has 0 amide bonds. The molecule has 1 atom stereocenters. The van der Waals surface area contributed by atoms with Crippen molar-refractivity contribution in [3.05, 3.63) is 29.8 Å². The quantitative estimate of drug-likeness (QED) is 0.779. The van der Waals surface area contributed by atoms with Crippen molar-refractivity contribution < 1.29 is 4.74 Å². The molecule has 1 aromatic carbocycles. The third kappa shape index (κ3) is 3.24. The van der Waals surface area contributed by atoms with E-state index >= 15 is 0 Å². The summed E-state index contributed by atoms with van der Waals surface area (Å²) in [7, 11) is 1.71.